The Balaban J connectivity index is 2.19. The van der Waals surface area contributed by atoms with E-state index in [1.807, 2.05) is 18.3 Å². The summed E-state index contributed by atoms with van der Waals surface area (Å²) in [5.41, 5.74) is 4.75. The van der Waals surface area contributed by atoms with Crippen molar-refractivity contribution in [3.8, 4) is 10.4 Å². The lowest BCUT2D eigenvalue weighted by atomic mass is 10.0. The van der Waals surface area contributed by atoms with Gasteiger partial charge in [0, 0.05) is 22.0 Å². The monoisotopic (exact) mass is 273 g/mol. The largest absolute Gasteiger partial charge is 0.256 e. The zero-order chi connectivity index (χ0) is 12.7. The number of nitrogens with zero attached hydrogens (tertiary/aromatic N) is 1. The molecule has 3 aromatic rings. The molecular weight excluding hydrogens is 262 g/mol. The van der Waals surface area contributed by atoms with Gasteiger partial charge in [0.25, 0.3) is 0 Å². The number of hydrogen-bond acceptors (Lipinski definition) is 2. The molecule has 0 radical (unpaired) electrons. The summed E-state index contributed by atoms with van der Waals surface area (Å²) in [6, 6.07) is 10.5. The molecule has 0 fully saturated rings. The van der Waals surface area contributed by atoms with Crippen LogP contribution >= 0.6 is 22.9 Å². The molecule has 0 aliphatic rings. The summed E-state index contributed by atoms with van der Waals surface area (Å²) < 4.78 is 0.810. The third-order valence-corrected chi connectivity index (χ3v) is 4.43. The molecule has 0 aliphatic heterocycles. The maximum atomic E-state index is 5.97. The van der Waals surface area contributed by atoms with E-state index in [2.05, 4.69) is 37.0 Å². The number of benzene rings is 1. The van der Waals surface area contributed by atoms with E-state index in [0.717, 1.165) is 20.3 Å². The molecule has 0 atom stereocenters. The first-order chi connectivity index (χ1) is 8.63. The van der Waals surface area contributed by atoms with Crippen molar-refractivity contribution in [3.05, 3.63) is 52.0 Å². The first-order valence-corrected chi connectivity index (χ1v) is 6.95. The molecule has 0 spiro atoms. The quantitative estimate of drug-likeness (QED) is 0.591. The van der Waals surface area contributed by atoms with Crippen molar-refractivity contribution in [3.63, 3.8) is 0 Å². The van der Waals surface area contributed by atoms with Crippen molar-refractivity contribution in [2.45, 2.75) is 13.8 Å². The van der Waals surface area contributed by atoms with Gasteiger partial charge in [0.05, 0.1) is 9.85 Å². The number of aryl methyl sites for hydroxylation is 2. The third-order valence-electron chi connectivity index (χ3n) is 3.15. The van der Waals surface area contributed by atoms with Crippen LogP contribution in [0.5, 0.6) is 0 Å². The average molecular weight is 274 g/mol. The molecule has 3 heteroatoms. The van der Waals surface area contributed by atoms with Crippen molar-refractivity contribution < 1.29 is 0 Å². The zero-order valence-corrected chi connectivity index (χ0v) is 11.8. The van der Waals surface area contributed by atoms with Crippen molar-refractivity contribution in [2.24, 2.45) is 0 Å². The Bertz CT molecular complexity index is 730. The minimum Gasteiger partial charge on any atom is -0.256 e. The number of thiophene rings is 1. The molecular formula is C15H12ClNS. The van der Waals surface area contributed by atoms with Crippen LogP contribution < -0.4 is 0 Å². The first kappa shape index (κ1) is 11.7. The van der Waals surface area contributed by atoms with Crippen LogP contribution in [-0.4, -0.2) is 4.98 Å². The topological polar surface area (TPSA) is 12.9 Å². The van der Waals surface area contributed by atoms with Gasteiger partial charge in [-0.1, -0.05) is 11.6 Å². The lowest BCUT2D eigenvalue weighted by Crippen LogP contribution is -1.85. The van der Waals surface area contributed by atoms with Crippen molar-refractivity contribution in [1.29, 1.82) is 0 Å². The average Bonchev–Trinajstić information content (AvgIpc) is 2.77. The SMILES string of the molecule is Cc1cc2cc(-c3ccc(Cl)s3)cnc2cc1C. The summed E-state index contributed by atoms with van der Waals surface area (Å²) in [5.74, 6) is 0. The molecule has 1 nitrogen and oxygen atoms in total. The van der Waals surface area contributed by atoms with Crippen LogP contribution in [0.15, 0.2) is 36.5 Å². The Kier molecular flexibility index (Phi) is 2.84. The van der Waals surface area contributed by atoms with E-state index >= 15 is 0 Å². The molecule has 0 aliphatic carbocycles. The lowest BCUT2D eigenvalue weighted by Gasteiger charge is -2.05. The molecule has 0 unspecified atom stereocenters. The number of halogens is 1. The molecule has 0 saturated carbocycles. The summed E-state index contributed by atoms with van der Waals surface area (Å²) in [6.07, 6.45) is 1.92. The molecule has 1 aromatic carbocycles. The normalized spacial score (nSPS) is 11.1. The maximum absolute atomic E-state index is 5.97. The third kappa shape index (κ3) is 2.02. The van der Waals surface area contributed by atoms with E-state index in [1.165, 1.54) is 16.5 Å². The summed E-state index contributed by atoms with van der Waals surface area (Å²) in [6.45, 7) is 4.24. The van der Waals surface area contributed by atoms with Crippen LogP contribution in [0.25, 0.3) is 21.3 Å². The standard InChI is InChI=1S/C15H12ClNS/c1-9-5-11-7-12(14-3-4-15(16)18-14)8-17-13(11)6-10(9)2/h3-8H,1-2H3. The van der Waals surface area contributed by atoms with Crippen LogP contribution in [0, 0.1) is 13.8 Å². The second-order valence-corrected chi connectivity index (χ2v) is 6.17. The van der Waals surface area contributed by atoms with Crippen LogP contribution in [0.1, 0.15) is 11.1 Å². The predicted octanol–water partition coefficient (Wildman–Crippen LogP) is 5.23. The summed E-state index contributed by atoms with van der Waals surface area (Å²) >= 11 is 7.55. The van der Waals surface area contributed by atoms with Gasteiger partial charge in [-0.15, -0.1) is 11.3 Å². The first-order valence-electron chi connectivity index (χ1n) is 5.76. The number of hydrogen-bond donors (Lipinski definition) is 0. The van der Waals surface area contributed by atoms with Crippen molar-refractivity contribution in [2.75, 3.05) is 0 Å². The Morgan fingerprint density at radius 3 is 2.56 bits per heavy atom. The molecule has 18 heavy (non-hydrogen) atoms. The Hall–Kier alpha value is -1.38. The van der Waals surface area contributed by atoms with Crippen LogP contribution in [-0.2, 0) is 0 Å². The van der Waals surface area contributed by atoms with Crippen molar-refractivity contribution >= 4 is 33.8 Å². The van der Waals surface area contributed by atoms with Gasteiger partial charge in [-0.05, 0) is 55.3 Å². The number of rotatable bonds is 1. The minimum absolute atomic E-state index is 0.810. The van der Waals surface area contributed by atoms with Gasteiger partial charge in [-0.25, -0.2) is 0 Å². The zero-order valence-electron chi connectivity index (χ0n) is 10.2. The van der Waals surface area contributed by atoms with Crippen LogP contribution in [0.2, 0.25) is 4.34 Å². The Labute approximate surface area is 115 Å². The minimum atomic E-state index is 0.810. The number of fused-ring (bicyclic) bond motifs is 1. The maximum Gasteiger partial charge on any atom is 0.0934 e. The van der Waals surface area contributed by atoms with Crippen LogP contribution in [0.4, 0.5) is 0 Å². The molecule has 0 bridgehead atoms. The second kappa shape index (κ2) is 4.38. The molecule has 2 heterocycles. The lowest BCUT2D eigenvalue weighted by molar-refractivity contribution is 1.33. The molecule has 0 amide bonds. The molecule has 0 N–H and O–H groups in total. The Morgan fingerprint density at radius 2 is 1.83 bits per heavy atom. The van der Waals surface area contributed by atoms with Gasteiger partial charge in [-0.2, -0.15) is 0 Å². The van der Waals surface area contributed by atoms with Gasteiger partial charge in [0.15, 0.2) is 0 Å². The van der Waals surface area contributed by atoms with E-state index in [1.54, 1.807) is 11.3 Å². The van der Waals surface area contributed by atoms with Crippen molar-refractivity contribution in [1.82, 2.24) is 4.98 Å². The highest BCUT2D eigenvalue weighted by Gasteiger charge is 2.05. The van der Waals surface area contributed by atoms with E-state index in [-0.39, 0.29) is 0 Å². The van der Waals surface area contributed by atoms with E-state index in [0.29, 0.717) is 0 Å². The fraction of sp³-hybridized carbons (Fsp3) is 0.133. The highest BCUT2D eigenvalue weighted by molar-refractivity contribution is 7.19. The molecule has 2 aromatic heterocycles. The van der Waals surface area contributed by atoms with Gasteiger partial charge >= 0.3 is 0 Å². The highest BCUT2D eigenvalue weighted by atomic mass is 35.5. The van der Waals surface area contributed by atoms with E-state index in [4.69, 9.17) is 11.6 Å². The van der Waals surface area contributed by atoms with Gasteiger partial charge in [0.1, 0.15) is 0 Å². The predicted molar refractivity (Wildman–Crippen MR) is 79.5 cm³/mol. The fourth-order valence-electron chi connectivity index (χ4n) is 2.00. The molecule has 3 rings (SSSR count). The van der Waals surface area contributed by atoms with E-state index < -0.39 is 0 Å². The molecule has 90 valence electrons. The summed E-state index contributed by atoms with van der Waals surface area (Å²) in [5, 5.41) is 1.18. The fourth-order valence-corrected chi connectivity index (χ4v) is 3.02. The summed E-state index contributed by atoms with van der Waals surface area (Å²) in [7, 11) is 0. The van der Waals surface area contributed by atoms with Gasteiger partial charge in [-0.3, -0.25) is 4.98 Å². The second-order valence-electron chi connectivity index (χ2n) is 4.46. The smallest absolute Gasteiger partial charge is 0.0934 e. The van der Waals surface area contributed by atoms with Gasteiger partial charge in [0.2, 0.25) is 0 Å². The highest BCUT2D eigenvalue weighted by Crippen LogP contribution is 2.32. The Morgan fingerprint density at radius 1 is 1.06 bits per heavy atom. The van der Waals surface area contributed by atoms with Crippen LogP contribution in [0.3, 0.4) is 0 Å². The molecule has 0 saturated heterocycles. The van der Waals surface area contributed by atoms with Gasteiger partial charge < -0.3 is 0 Å². The number of aromatic nitrogens is 1. The number of pyridine rings is 1. The van der Waals surface area contributed by atoms with E-state index in [9.17, 15) is 0 Å². The summed E-state index contributed by atoms with van der Waals surface area (Å²) in [4.78, 5) is 5.69.